The molecule has 0 radical (unpaired) electrons. The number of amidine groups is 1. The van der Waals surface area contributed by atoms with Gasteiger partial charge in [-0.25, -0.2) is 14.8 Å². The highest BCUT2D eigenvalue weighted by atomic mass is 19.4. The lowest BCUT2D eigenvalue weighted by Gasteiger charge is -2.25. The van der Waals surface area contributed by atoms with E-state index >= 15 is 0 Å². The van der Waals surface area contributed by atoms with Gasteiger partial charge in [0.25, 0.3) is 5.84 Å². The van der Waals surface area contributed by atoms with Crippen LogP contribution < -0.4 is 10.3 Å². The van der Waals surface area contributed by atoms with Gasteiger partial charge in [0.15, 0.2) is 0 Å². The average molecular weight is 411 g/mol. The van der Waals surface area contributed by atoms with Gasteiger partial charge in [0.2, 0.25) is 0 Å². The number of aromatic nitrogens is 1. The number of nitrogens with one attached hydrogen (secondary N) is 2. The molecule has 0 unspecified atom stereocenters. The van der Waals surface area contributed by atoms with Crippen molar-refractivity contribution in [3.8, 4) is 0 Å². The Bertz CT molecular complexity index is 1060. The standard InChI is InChI=1S/C22H17F3N4O/c23-22(24,25)21(27-18-13-7-8-14-26-18)20(30)29(15-16-9-3-1-4-10-16)19(28-21)17-11-5-2-6-12-17/h1-14H,15H2,(H,26,27)/p+1/t21-/m0/s1. The smallest absolute Gasteiger partial charge is 0.312 e. The maximum absolute atomic E-state index is 14.3. The molecule has 0 spiro atoms. The Labute approximate surface area is 170 Å². The Morgan fingerprint density at radius 3 is 2.17 bits per heavy atom. The van der Waals surface area contributed by atoms with Crippen LogP contribution >= 0.6 is 0 Å². The van der Waals surface area contributed by atoms with Crippen LogP contribution in [0.1, 0.15) is 11.1 Å². The summed E-state index contributed by atoms with van der Waals surface area (Å²) in [5.74, 6) is -1.14. The molecule has 0 bridgehead atoms. The SMILES string of the molecule is O=C1N(Cc2ccccc2)C(c2ccccc2)=[NH+][C@]1(Nc1ccccn1)C(F)(F)F. The lowest BCUT2D eigenvalue weighted by Crippen LogP contribution is -2.94. The second-order valence-electron chi connectivity index (χ2n) is 6.80. The molecule has 2 N–H and O–H groups in total. The zero-order valence-corrected chi connectivity index (χ0v) is 15.7. The summed E-state index contributed by atoms with van der Waals surface area (Å²) in [6, 6.07) is 21.8. The molecule has 0 fully saturated rings. The summed E-state index contributed by atoms with van der Waals surface area (Å²) in [4.78, 5) is 20.8. The highest BCUT2D eigenvalue weighted by Crippen LogP contribution is 2.32. The van der Waals surface area contributed by atoms with Crippen LogP contribution in [0.25, 0.3) is 0 Å². The molecule has 0 saturated heterocycles. The molecular weight excluding hydrogens is 393 g/mol. The van der Waals surface area contributed by atoms with E-state index in [1.807, 2.05) is 0 Å². The van der Waals surface area contributed by atoms with Crippen molar-refractivity contribution in [2.45, 2.75) is 18.4 Å². The summed E-state index contributed by atoms with van der Waals surface area (Å²) in [6.07, 6.45) is -3.58. The molecule has 1 atom stereocenters. The highest BCUT2D eigenvalue weighted by Gasteiger charge is 2.72. The molecule has 2 aromatic carbocycles. The van der Waals surface area contributed by atoms with Gasteiger partial charge in [0.1, 0.15) is 12.4 Å². The fourth-order valence-corrected chi connectivity index (χ4v) is 3.32. The molecule has 1 aromatic heterocycles. The number of carbonyl (C=O) groups is 1. The zero-order valence-electron chi connectivity index (χ0n) is 15.7. The fourth-order valence-electron chi connectivity index (χ4n) is 3.32. The first-order valence-electron chi connectivity index (χ1n) is 9.23. The molecule has 8 heteroatoms. The number of halogens is 3. The van der Waals surface area contributed by atoms with Crippen LogP contribution in [-0.2, 0) is 11.3 Å². The maximum Gasteiger partial charge on any atom is 0.465 e. The minimum Gasteiger partial charge on any atom is -0.312 e. The van der Waals surface area contributed by atoms with Gasteiger partial charge in [-0.05, 0) is 29.8 Å². The second kappa shape index (κ2) is 7.62. The van der Waals surface area contributed by atoms with Gasteiger partial charge in [-0.3, -0.25) is 0 Å². The van der Waals surface area contributed by atoms with Crippen molar-refractivity contribution in [1.82, 2.24) is 9.88 Å². The van der Waals surface area contributed by atoms with Crippen molar-refractivity contribution in [2.75, 3.05) is 5.32 Å². The van der Waals surface area contributed by atoms with Gasteiger partial charge >= 0.3 is 17.7 Å². The normalized spacial score (nSPS) is 19.0. The number of nitrogens with zero attached hydrogens (tertiary/aromatic N) is 2. The van der Waals surface area contributed by atoms with E-state index in [4.69, 9.17) is 0 Å². The van der Waals surface area contributed by atoms with Crippen LogP contribution in [0.4, 0.5) is 19.0 Å². The van der Waals surface area contributed by atoms with Gasteiger partial charge in [0.05, 0.1) is 5.56 Å². The van der Waals surface area contributed by atoms with E-state index in [1.165, 1.54) is 12.3 Å². The summed E-state index contributed by atoms with van der Waals surface area (Å²) in [5.41, 5.74) is -1.87. The van der Waals surface area contributed by atoms with Gasteiger partial charge in [-0.1, -0.05) is 54.6 Å². The van der Waals surface area contributed by atoms with Crippen molar-refractivity contribution in [1.29, 1.82) is 0 Å². The van der Waals surface area contributed by atoms with E-state index in [9.17, 15) is 18.0 Å². The number of anilines is 1. The molecule has 30 heavy (non-hydrogen) atoms. The number of hydrogen-bond acceptors (Lipinski definition) is 3. The first-order valence-corrected chi connectivity index (χ1v) is 9.23. The zero-order chi connectivity index (χ0) is 21.2. The van der Waals surface area contributed by atoms with Crippen LogP contribution in [0.2, 0.25) is 0 Å². The minimum atomic E-state index is -4.94. The van der Waals surface area contributed by atoms with Crippen molar-refractivity contribution in [3.63, 3.8) is 0 Å². The molecule has 1 aliphatic rings. The Kier molecular flexibility index (Phi) is 4.99. The first kappa shape index (κ1) is 19.6. The molecule has 1 aliphatic heterocycles. The summed E-state index contributed by atoms with van der Waals surface area (Å²) in [5, 5.41) is 2.30. The second-order valence-corrected chi connectivity index (χ2v) is 6.80. The van der Waals surface area contributed by atoms with Crippen molar-refractivity contribution in [2.24, 2.45) is 0 Å². The van der Waals surface area contributed by atoms with Crippen molar-refractivity contribution in [3.05, 3.63) is 96.2 Å². The van der Waals surface area contributed by atoms with E-state index in [0.717, 1.165) is 4.90 Å². The molecule has 152 valence electrons. The largest absolute Gasteiger partial charge is 0.465 e. The van der Waals surface area contributed by atoms with E-state index in [2.05, 4.69) is 15.3 Å². The van der Waals surface area contributed by atoms with Crippen molar-refractivity contribution >= 4 is 17.6 Å². The fraction of sp³-hybridized carbons (Fsp3) is 0.136. The lowest BCUT2D eigenvalue weighted by atomic mass is 10.1. The van der Waals surface area contributed by atoms with Gasteiger partial charge in [-0.2, -0.15) is 18.1 Å². The van der Waals surface area contributed by atoms with Gasteiger partial charge < -0.3 is 5.32 Å². The van der Waals surface area contributed by atoms with Gasteiger partial charge in [-0.15, -0.1) is 0 Å². The molecule has 1 amide bonds. The van der Waals surface area contributed by atoms with Crippen LogP contribution in [0, 0.1) is 0 Å². The third kappa shape index (κ3) is 3.52. The Morgan fingerprint density at radius 2 is 1.57 bits per heavy atom. The number of pyridine rings is 1. The molecule has 5 nitrogen and oxygen atoms in total. The third-order valence-corrected chi connectivity index (χ3v) is 4.78. The number of amides is 1. The molecule has 3 aromatic rings. The number of carbonyl (C=O) groups excluding carboxylic acids is 1. The summed E-state index contributed by atoms with van der Waals surface area (Å²) in [7, 11) is 0. The molecule has 0 saturated carbocycles. The first-order chi connectivity index (χ1) is 14.4. The molecule has 0 aliphatic carbocycles. The molecule has 4 rings (SSSR count). The Morgan fingerprint density at radius 1 is 0.933 bits per heavy atom. The molecule has 2 heterocycles. The number of hydrogen-bond donors (Lipinski definition) is 2. The van der Waals surface area contributed by atoms with E-state index in [0.29, 0.717) is 11.1 Å². The molecular formula is C22H18F3N4O+. The third-order valence-electron chi connectivity index (χ3n) is 4.78. The topological polar surface area (TPSA) is 59.2 Å². The van der Waals surface area contributed by atoms with Crippen molar-refractivity contribution < 1.29 is 23.0 Å². The Balaban J connectivity index is 1.83. The number of benzene rings is 2. The quantitative estimate of drug-likeness (QED) is 0.678. The summed E-state index contributed by atoms with van der Waals surface area (Å²) < 4.78 is 43.0. The van der Waals surface area contributed by atoms with Gasteiger partial charge in [0, 0.05) is 6.20 Å². The average Bonchev–Trinajstić information content (AvgIpc) is 3.03. The number of alkyl halides is 3. The van der Waals surface area contributed by atoms with Crippen LogP contribution in [0.5, 0.6) is 0 Å². The summed E-state index contributed by atoms with van der Waals surface area (Å²) in [6.45, 7) is -0.0152. The van der Waals surface area contributed by atoms with Crippen LogP contribution in [0.15, 0.2) is 85.1 Å². The monoisotopic (exact) mass is 411 g/mol. The summed E-state index contributed by atoms with van der Waals surface area (Å²) >= 11 is 0. The minimum absolute atomic E-state index is 0.0152. The maximum atomic E-state index is 14.3. The van der Waals surface area contributed by atoms with E-state index in [-0.39, 0.29) is 18.2 Å². The van der Waals surface area contributed by atoms with E-state index < -0.39 is 17.7 Å². The predicted molar refractivity (Wildman–Crippen MR) is 105 cm³/mol. The highest BCUT2D eigenvalue weighted by molar-refractivity contribution is 6.11. The lowest BCUT2D eigenvalue weighted by molar-refractivity contribution is -0.566. The van der Waals surface area contributed by atoms with Crippen LogP contribution in [-0.4, -0.2) is 33.5 Å². The number of rotatable bonds is 5. The predicted octanol–water partition coefficient (Wildman–Crippen LogP) is 2.32. The Hall–Kier alpha value is -3.68. The van der Waals surface area contributed by atoms with Crippen LogP contribution in [0.3, 0.4) is 0 Å². The van der Waals surface area contributed by atoms with E-state index in [1.54, 1.807) is 72.8 Å².